The lowest BCUT2D eigenvalue weighted by Gasteiger charge is -2.26. The predicted octanol–water partition coefficient (Wildman–Crippen LogP) is 3.62. The average Bonchev–Trinajstić information content (AvgIpc) is 2.60. The summed E-state index contributed by atoms with van der Waals surface area (Å²) in [5, 5.41) is 3.15. The number of amides is 1. The lowest BCUT2D eigenvalue weighted by molar-refractivity contribution is -0.129. The Labute approximate surface area is 150 Å². The van der Waals surface area contributed by atoms with Gasteiger partial charge in [-0.2, -0.15) is 0 Å². The molecule has 1 atom stereocenters. The van der Waals surface area contributed by atoms with Crippen molar-refractivity contribution in [2.24, 2.45) is 0 Å². The quantitative estimate of drug-likeness (QED) is 0.831. The zero-order chi connectivity index (χ0) is 16.7. The first-order valence-electron chi connectivity index (χ1n) is 7.78. The van der Waals surface area contributed by atoms with Gasteiger partial charge in [0.15, 0.2) is 0 Å². The van der Waals surface area contributed by atoms with Crippen molar-refractivity contribution in [3.05, 3.63) is 60.2 Å². The van der Waals surface area contributed by atoms with Crippen LogP contribution < -0.4 is 10.1 Å². The molecule has 4 nitrogen and oxygen atoms in total. The standard InChI is InChI=1S/C19H24N2O2.ClH/c1-15(13-16-9-7-8-12-18(16)23-3)21(2)19(22)14-20-17-10-5-4-6-11-17;/h4-12,15,20H,13-14H2,1-3H3;1H. The highest BCUT2D eigenvalue weighted by molar-refractivity contribution is 5.85. The number of likely N-dealkylation sites (N-methyl/N-ethyl adjacent to an activating group) is 1. The number of halogens is 1. The molecule has 0 aliphatic heterocycles. The molecular formula is C19H25ClN2O2. The van der Waals surface area contributed by atoms with Crippen LogP contribution in [0.2, 0.25) is 0 Å². The van der Waals surface area contributed by atoms with Gasteiger partial charge < -0.3 is 15.0 Å². The van der Waals surface area contributed by atoms with Crippen LogP contribution in [-0.2, 0) is 11.2 Å². The molecule has 0 saturated carbocycles. The second-order valence-corrected chi connectivity index (χ2v) is 5.59. The Bertz CT molecular complexity index is 634. The van der Waals surface area contributed by atoms with Crippen molar-refractivity contribution in [1.29, 1.82) is 0 Å². The molecule has 0 spiro atoms. The minimum absolute atomic E-state index is 0. The zero-order valence-electron chi connectivity index (χ0n) is 14.4. The number of para-hydroxylation sites is 2. The van der Waals surface area contributed by atoms with Gasteiger partial charge in [-0.3, -0.25) is 4.79 Å². The van der Waals surface area contributed by atoms with Crippen molar-refractivity contribution in [2.45, 2.75) is 19.4 Å². The normalized spacial score (nSPS) is 11.1. The van der Waals surface area contributed by atoms with Crippen molar-refractivity contribution < 1.29 is 9.53 Å². The van der Waals surface area contributed by atoms with Gasteiger partial charge in [0.25, 0.3) is 0 Å². The van der Waals surface area contributed by atoms with Crippen molar-refractivity contribution >= 4 is 24.0 Å². The maximum atomic E-state index is 12.3. The first kappa shape index (κ1) is 19.8. The van der Waals surface area contributed by atoms with Gasteiger partial charge in [-0.15, -0.1) is 12.4 Å². The maximum absolute atomic E-state index is 12.3. The average molecular weight is 349 g/mol. The number of rotatable bonds is 7. The Morgan fingerprint density at radius 1 is 1.12 bits per heavy atom. The fraction of sp³-hybridized carbons (Fsp3) is 0.316. The number of carbonyl (C=O) groups excluding carboxylic acids is 1. The molecule has 0 heterocycles. The molecule has 2 rings (SSSR count). The number of methoxy groups -OCH3 is 1. The van der Waals surface area contributed by atoms with Crippen LogP contribution in [0.3, 0.4) is 0 Å². The molecule has 0 aliphatic rings. The van der Waals surface area contributed by atoms with Gasteiger partial charge in [0.2, 0.25) is 5.91 Å². The Morgan fingerprint density at radius 2 is 1.75 bits per heavy atom. The van der Waals surface area contributed by atoms with Gasteiger partial charge in [-0.1, -0.05) is 36.4 Å². The van der Waals surface area contributed by atoms with E-state index in [1.165, 1.54) is 0 Å². The van der Waals surface area contributed by atoms with E-state index < -0.39 is 0 Å². The van der Waals surface area contributed by atoms with Crippen LogP contribution in [0.4, 0.5) is 5.69 Å². The molecule has 24 heavy (non-hydrogen) atoms. The second kappa shape index (κ2) is 9.83. The first-order chi connectivity index (χ1) is 11.1. The number of ether oxygens (including phenoxy) is 1. The number of benzene rings is 2. The van der Waals surface area contributed by atoms with Crippen LogP contribution in [0, 0.1) is 0 Å². The Kier molecular flexibility index (Phi) is 8.13. The van der Waals surface area contributed by atoms with E-state index in [9.17, 15) is 4.79 Å². The fourth-order valence-corrected chi connectivity index (χ4v) is 2.43. The van der Waals surface area contributed by atoms with E-state index in [0.717, 1.165) is 23.4 Å². The minimum Gasteiger partial charge on any atom is -0.496 e. The highest BCUT2D eigenvalue weighted by Crippen LogP contribution is 2.20. The van der Waals surface area contributed by atoms with Crippen LogP contribution >= 0.6 is 12.4 Å². The number of nitrogens with zero attached hydrogens (tertiary/aromatic N) is 1. The Hall–Kier alpha value is -2.20. The van der Waals surface area contributed by atoms with Crippen LogP contribution in [-0.4, -0.2) is 37.6 Å². The van der Waals surface area contributed by atoms with E-state index in [-0.39, 0.29) is 30.9 Å². The van der Waals surface area contributed by atoms with E-state index >= 15 is 0 Å². The second-order valence-electron chi connectivity index (χ2n) is 5.59. The van der Waals surface area contributed by atoms with Crippen LogP contribution in [0.1, 0.15) is 12.5 Å². The molecule has 0 radical (unpaired) electrons. The third kappa shape index (κ3) is 5.46. The number of hydrogen-bond acceptors (Lipinski definition) is 3. The summed E-state index contributed by atoms with van der Waals surface area (Å²) in [6.07, 6.45) is 0.761. The Balaban J connectivity index is 0.00000288. The van der Waals surface area contributed by atoms with Crippen LogP contribution in [0.5, 0.6) is 5.75 Å². The number of nitrogens with one attached hydrogen (secondary N) is 1. The Morgan fingerprint density at radius 3 is 2.42 bits per heavy atom. The van der Waals surface area contributed by atoms with Gasteiger partial charge in [-0.05, 0) is 37.1 Å². The predicted molar refractivity (Wildman–Crippen MR) is 101 cm³/mol. The molecule has 2 aromatic carbocycles. The van der Waals surface area contributed by atoms with Crippen LogP contribution in [0.25, 0.3) is 0 Å². The van der Waals surface area contributed by atoms with Gasteiger partial charge in [-0.25, -0.2) is 0 Å². The van der Waals surface area contributed by atoms with Gasteiger partial charge in [0.05, 0.1) is 13.7 Å². The summed E-state index contributed by atoms with van der Waals surface area (Å²) < 4.78 is 5.38. The summed E-state index contributed by atoms with van der Waals surface area (Å²) >= 11 is 0. The molecule has 1 unspecified atom stereocenters. The van der Waals surface area contributed by atoms with Gasteiger partial charge in [0.1, 0.15) is 5.75 Å². The number of anilines is 1. The minimum atomic E-state index is 0. The summed E-state index contributed by atoms with van der Waals surface area (Å²) in [5.74, 6) is 0.930. The molecule has 5 heteroatoms. The van der Waals surface area contributed by atoms with Gasteiger partial charge in [0, 0.05) is 18.8 Å². The smallest absolute Gasteiger partial charge is 0.241 e. The first-order valence-corrected chi connectivity index (χ1v) is 7.78. The molecule has 130 valence electrons. The monoisotopic (exact) mass is 348 g/mol. The lowest BCUT2D eigenvalue weighted by atomic mass is 10.1. The van der Waals surface area contributed by atoms with Crippen molar-refractivity contribution in [1.82, 2.24) is 4.90 Å². The topological polar surface area (TPSA) is 41.6 Å². The third-order valence-corrected chi connectivity index (χ3v) is 3.98. The van der Waals surface area contributed by atoms with E-state index in [2.05, 4.69) is 5.32 Å². The third-order valence-electron chi connectivity index (χ3n) is 3.98. The molecular weight excluding hydrogens is 324 g/mol. The summed E-state index contributed by atoms with van der Waals surface area (Å²) in [6.45, 7) is 2.34. The lowest BCUT2D eigenvalue weighted by Crippen LogP contribution is -2.39. The van der Waals surface area contributed by atoms with Crippen molar-refractivity contribution in [3.8, 4) is 5.75 Å². The summed E-state index contributed by atoms with van der Waals surface area (Å²) in [4.78, 5) is 14.1. The van der Waals surface area contributed by atoms with E-state index in [0.29, 0.717) is 0 Å². The molecule has 1 N–H and O–H groups in total. The highest BCUT2D eigenvalue weighted by Gasteiger charge is 2.17. The highest BCUT2D eigenvalue weighted by atomic mass is 35.5. The molecule has 0 aromatic heterocycles. The molecule has 0 bridgehead atoms. The molecule has 0 saturated heterocycles. The number of carbonyl (C=O) groups is 1. The van der Waals surface area contributed by atoms with Crippen molar-refractivity contribution in [3.63, 3.8) is 0 Å². The van der Waals surface area contributed by atoms with E-state index in [1.54, 1.807) is 12.0 Å². The summed E-state index contributed by atoms with van der Waals surface area (Å²) in [7, 11) is 3.51. The molecule has 1 amide bonds. The molecule has 0 fully saturated rings. The van der Waals surface area contributed by atoms with E-state index in [1.807, 2.05) is 68.6 Å². The van der Waals surface area contributed by atoms with Crippen molar-refractivity contribution in [2.75, 3.05) is 26.0 Å². The SMILES string of the molecule is COc1ccccc1CC(C)N(C)C(=O)CNc1ccccc1.Cl. The van der Waals surface area contributed by atoms with E-state index in [4.69, 9.17) is 4.74 Å². The largest absolute Gasteiger partial charge is 0.496 e. The van der Waals surface area contributed by atoms with Gasteiger partial charge >= 0.3 is 0 Å². The fourth-order valence-electron chi connectivity index (χ4n) is 2.43. The summed E-state index contributed by atoms with van der Waals surface area (Å²) in [5.41, 5.74) is 2.06. The summed E-state index contributed by atoms with van der Waals surface area (Å²) in [6, 6.07) is 17.8. The molecule has 0 aliphatic carbocycles. The zero-order valence-corrected chi connectivity index (χ0v) is 15.2. The number of hydrogen-bond donors (Lipinski definition) is 1. The maximum Gasteiger partial charge on any atom is 0.241 e. The van der Waals surface area contributed by atoms with Crippen LogP contribution in [0.15, 0.2) is 54.6 Å². The molecule has 2 aromatic rings.